The monoisotopic (exact) mass is 233 g/mol. The molecule has 2 N–H and O–H groups in total. The van der Waals surface area contributed by atoms with Crippen LogP contribution < -0.4 is 5.73 Å². The molecule has 0 bridgehead atoms. The van der Waals surface area contributed by atoms with Crippen LogP contribution in [0.4, 0.5) is 5.95 Å². The van der Waals surface area contributed by atoms with Crippen molar-refractivity contribution in [3.8, 4) is 0 Å². The number of aromatic nitrogens is 3. The molecule has 2 aromatic rings. The maximum absolute atomic E-state index is 5.97. The fourth-order valence-corrected chi connectivity index (χ4v) is 1.69. The van der Waals surface area contributed by atoms with E-state index < -0.39 is 0 Å². The van der Waals surface area contributed by atoms with E-state index in [-0.39, 0.29) is 5.54 Å². The second kappa shape index (κ2) is 4.00. The van der Waals surface area contributed by atoms with Crippen LogP contribution in [-0.4, -0.2) is 39.1 Å². The molecule has 0 aliphatic heterocycles. The molecule has 5 heteroatoms. The number of hydrogen-bond acceptors (Lipinski definition) is 4. The zero-order chi connectivity index (χ0) is 12.6. The molecule has 2 aromatic heterocycles. The number of rotatable bonds is 3. The summed E-state index contributed by atoms with van der Waals surface area (Å²) >= 11 is 0. The van der Waals surface area contributed by atoms with E-state index in [4.69, 9.17) is 5.73 Å². The van der Waals surface area contributed by atoms with Crippen LogP contribution in [0.3, 0.4) is 0 Å². The summed E-state index contributed by atoms with van der Waals surface area (Å²) in [6.07, 6.45) is 3.51. The number of pyridine rings is 1. The first-order valence-corrected chi connectivity index (χ1v) is 5.65. The Kier molecular flexibility index (Phi) is 2.79. The van der Waals surface area contributed by atoms with Gasteiger partial charge in [-0.1, -0.05) is 0 Å². The van der Waals surface area contributed by atoms with Gasteiger partial charge in [0, 0.05) is 18.3 Å². The summed E-state index contributed by atoms with van der Waals surface area (Å²) in [5.74, 6) is 0.544. The molecule has 0 unspecified atom stereocenters. The number of fused-ring (bicyclic) bond motifs is 1. The first-order valence-electron chi connectivity index (χ1n) is 5.65. The van der Waals surface area contributed by atoms with Gasteiger partial charge in [-0.2, -0.15) is 0 Å². The average molecular weight is 233 g/mol. The van der Waals surface area contributed by atoms with Crippen LogP contribution >= 0.6 is 0 Å². The van der Waals surface area contributed by atoms with Gasteiger partial charge in [0.1, 0.15) is 5.52 Å². The smallest absolute Gasteiger partial charge is 0.201 e. The normalized spacial score (nSPS) is 12.5. The van der Waals surface area contributed by atoms with Crippen LogP contribution in [0.25, 0.3) is 11.0 Å². The molecule has 0 aromatic carbocycles. The molecule has 0 spiro atoms. The van der Waals surface area contributed by atoms with E-state index in [1.165, 1.54) is 0 Å². The van der Waals surface area contributed by atoms with Crippen molar-refractivity contribution in [1.29, 1.82) is 0 Å². The Morgan fingerprint density at radius 3 is 2.76 bits per heavy atom. The van der Waals surface area contributed by atoms with Gasteiger partial charge >= 0.3 is 0 Å². The fraction of sp³-hybridized carbons (Fsp3) is 0.500. The molecular weight excluding hydrogens is 214 g/mol. The van der Waals surface area contributed by atoms with Crippen molar-refractivity contribution < 1.29 is 0 Å². The summed E-state index contributed by atoms with van der Waals surface area (Å²) in [6.45, 7) is 5.16. The summed E-state index contributed by atoms with van der Waals surface area (Å²) < 4.78 is 2.04. The van der Waals surface area contributed by atoms with E-state index in [0.717, 1.165) is 17.6 Å². The van der Waals surface area contributed by atoms with Gasteiger partial charge in [0.05, 0.1) is 11.7 Å². The lowest BCUT2D eigenvalue weighted by Gasteiger charge is -2.33. The Bertz CT molecular complexity index is 527. The number of nitrogen functional groups attached to an aromatic ring is 1. The topological polar surface area (TPSA) is 60.0 Å². The maximum atomic E-state index is 5.97. The lowest BCUT2D eigenvalue weighted by atomic mass is 10.0. The van der Waals surface area contributed by atoms with Gasteiger partial charge in [-0.25, -0.2) is 4.98 Å². The molecule has 0 aliphatic rings. The molecule has 0 aliphatic carbocycles. The quantitative estimate of drug-likeness (QED) is 0.869. The summed E-state index contributed by atoms with van der Waals surface area (Å²) in [6, 6.07) is 1.95. The molecule has 0 atom stereocenters. The van der Waals surface area contributed by atoms with Gasteiger partial charge in [0.15, 0.2) is 0 Å². The molecular formula is C12H19N5. The Balaban J connectivity index is 2.45. The Hall–Kier alpha value is -1.62. The van der Waals surface area contributed by atoms with Crippen LogP contribution in [0.15, 0.2) is 18.5 Å². The molecule has 2 heterocycles. The van der Waals surface area contributed by atoms with E-state index >= 15 is 0 Å². The van der Waals surface area contributed by atoms with E-state index in [1.807, 2.05) is 10.6 Å². The van der Waals surface area contributed by atoms with Gasteiger partial charge < -0.3 is 15.2 Å². The molecule has 92 valence electrons. The number of nitrogens with two attached hydrogens (primary N) is 1. The van der Waals surface area contributed by atoms with Gasteiger partial charge in [-0.05, 0) is 34.0 Å². The summed E-state index contributed by atoms with van der Waals surface area (Å²) in [5.41, 5.74) is 7.87. The second-order valence-electron chi connectivity index (χ2n) is 5.13. The van der Waals surface area contributed by atoms with Gasteiger partial charge in [-0.3, -0.25) is 4.98 Å². The predicted octanol–water partition coefficient (Wildman–Crippen LogP) is 1.35. The average Bonchev–Trinajstić information content (AvgIpc) is 2.55. The molecule has 5 nitrogen and oxygen atoms in total. The fourth-order valence-electron chi connectivity index (χ4n) is 1.69. The standard InChI is InChI=1S/C12H19N5/c1-12(2,16(3)4)8-17-10-5-6-14-7-9(10)15-11(17)13/h5-7H,8H2,1-4H3,(H2,13,15). The van der Waals surface area contributed by atoms with Crippen molar-refractivity contribution in [2.45, 2.75) is 25.9 Å². The zero-order valence-corrected chi connectivity index (χ0v) is 10.8. The Morgan fingerprint density at radius 1 is 1.41 bits per heavy atom. The minimum absolute atomic E-state index is 0.0189. The lowest BCUT2D eigenvalue weighted by Crippen LogP contribution is -2.42. The van der Waals surface area contributed by atoms with E-state index in [2.05, 4.69) is 42.8 Å². The Morgan fingerprint density at radius 2 is 2.12 bits per heavy atom. The second-order valence-corrected chi connectivity index (χ2v) is 5.13. The third-order valence-electron chi connectivity index (χ3n) is 3.34. The minimum Gasteiger partial charge on any atom is -0.369 e. The third-order valence-corrected chi connectivity index (χ3v) is 3.34. The zero-order valence-electron chi connectivity index (χ0n) is 10.8. The highest BCUT2D eigenvalue weighted by Gasteiger charge is 2.23. The maximum Gasteiger partial charge on any atom is 0.201 e. The molecule has 0 amide bonds. The van der Waals surface area contributed by atoms with Crippen molar-refractivity contribution in [2.24, 2.45) is 0 Å². The molecule has 0 fully saturated rings. The number of anilines is 1. The molecule has 0 radical (unpaired) electrons. The minimum atomic E-state index is 0.0189. The molecule has 2 rings (SSSR count). The number of imidazole rings is 1. The molecule has 0 saturated heterocycles. The first-order chi connectivity index (χ1) is 7.92. The van der Waals surface area contributed by atoms with Crippen LogP contribution in [0.2, 0.25) is 0 Å². The molecule has 17 heavy (non-hydrogen) atoms. The number of hydrogen-bond donors (Lipinski definition) is 1. The van der Waals surface area contributed by atoms with Crippen molar-refractivity contribution in [3.05, 3.63) is 18.5 Å². The largest absolute Gasteiger partial charge is 0.369 e. The van der Waals surface area contributed by atoms with E-state index in [1.54, 1.807) is 12.4 Å². The van der Waals surface area contributed by atoms with E-state index in [9.17, 15) is 0 Å². The third kappa shape index (κ3) is 2.10. The summed E-state index contributed by atoms with van der Waals surface area (Å²) in [4.78, 5) is 10.6. The van der Waals surface area contributed by atoms with Crippen molar-refractivity contribution in [3.63, 3.8) is 0 Å². The van der Waals surface area contributed by atoms with Crippen molar-refractivity contribution in [1.82, 2.24) is 19.4 Å². The van der Waals surface area contributed by atoms with Crippen LogP contribution in [-0.2, 0) is 6.54 Å². The number of nitrogens with zero attached hydrogens (tertiary/aromatic N) is 4. The SMILES string of the molecule is CN(C)C(C)(C)Cn1c(N)nc2cnccc21. The highest BCUT2D eigenvalue weighted by atomic mass is 15.2. The number of likely N-dealkylation sites (N-methyl/N-ethyl adjacent to an activating group) is 1. The summed E-state index contributed by atoms with van der Waals surface area (Å²) in [7, 11) is 4.13. The van der Waals surface area contributed by atoms with Gasteiger partial charge in [0.25, 0.3) is 0 Å². The Labute approximate surface area is 101 Å². The first kappa shape index (κ1) is 11.9. The highest BCUT2D eigenvalue weighted by molar-refractivity contribution is 5.77. The van der Waals surface area contributed by atoms with E-state index in [0.29, 0.717) is 5.95 Å². The van der Waals surface area contributed by atoms with Crippen LogP contribution in [0, 0.1) is 0 Å². The summed E-state index contributed by atoms with van der Waals surface area (Å²) in [5, 5.41) is 0. The van der Waals surface area contributed by atoms with Crippen LogP contribution in [0.1, 0.15) is 13.8 Å². The highest BCUT2D eigenvalue weighted by Crippen LogP contribution is 2.21. The molecule has 0 saturated carbocycles. The lowest BCUT2D eigenvalue weighted by molar-refractivity contribution is 0.172. The van der Waals surface area contributed by atoms with Gasteiger partial charge in [0.2, 0.25) is 5.95 Å². The van der Waals surface area contributed by atoms with Crippen molar-refractivity contribution in [2.75, 3.05) is 19.8 Å². The van der Waals surface area contributed by atoms with Crippen LogP contribution in [0.5, 0.6) is 0 Å². The predicted molar refractivity (Wildman–Crippen MR) is 69.7 cm³/mol. The van der Waals surface area contributed by atoms with Crippen molar-refractivity contribution >= 4 is 17.0 Å². The van der Waals surface area contributed by atoms with Gasteiger partial charge in [-0.15, -0.1) is 0 Å².